The molecule has 0 amide bonds. The van der Waals surface area contributed by atoms with Crippen LogP contribution in [-0.4, -0.2) is 36.3 Å². The van der Waals surface area contributed by atoms with Crippen LogP contribution in [0.15, 0.2) is 15.7 Å². The summed E-state index contributed by atoms with van der Waals surface area (Å²) in [5, 5.41) is 5.92. The number of nitrogens with zero attached hydrogens (tertiary/aromatic N) is 2. The molecule has 0 bridgehead atoms. The molecule has 6 nitrogen and oxygen atoms in total. The highest BCUT2D eigenvalue weighted by atomic mass is 16.2. The van der Waals surface area contributed by atoms with Crippen molar-refractivity contribution in [3.8, 4) is 0 Å². The van der Waals surface area contributed by atoms with Crippen molar-refractivity contribution in [2.75, 3.05) is 27.2 Å². The average molecular weight is 240 g/mol. The lowest BCUT2D eigenvalue weighted by Crippen LogP contribution is -2.43. The maximum absolute atomic E-state index is 12.1. The van der Waals surface area contributed by atoms with Gasteiger partial charge in [-0.05, 0) is 21.0 Å². The number of likely N-dealkylation sites (N-methyl/N-ethyl adjacent to an activating group) is 2. The van der Waals surface area contributed by atoms with Gasteiger partial charge >= 0.3 is 5.69 Å². The molecule has 0 radical (unpaired) electrons. The van der Waals surface area contributed by atoms with Gasteiger partial charge in [0, 0.05) is 37.9 Å². The second-order valence-corrected chi connectivity index (χ2v) is 3.92. The van der Waals surface area contributed by atoms with Crippen molar-refractivity contribution >= 4 is 0 Å². The molecular weight excluding hydrogens is 220 g/mol. The second kappa shape index (κ2) is 6.36. The van der Waals surface area contributed by atoms with Crippen LogP contribution in [-0.2, 0) is 13.1 Å². The number of hydrogen-bond acceptors (Lipinski definition) is 4. The number of rotatable bonds is 6. The Bertz CT molecular complexity index is 475. The summed E-state index contributed by atoms with van der Waals surface area (Å²) in [4.78, 5) is 23.8. The van der Waals surface area contributed by atoms with Gasteiger partial charge < -0.3 is 10.6 Å². The highest BCUT2D eigenvalue weighted by molar-refractivity contribution is 5.00. The van der Waals surface area contributed by atoms with Crippen molar-refractivity contribution in [3.05, 3.63) is 32.6 Å². The third kappa shape index (κ3) is 3.28. The third-order valence-electron chi connectivity index (χ3n) is 2.66. The highest BCUT2D eigenvalue weighted by Crippen LogP contribution is 1.89. The van der Waals surface area contributed by atoms with Crippen molar-refractivity contribution in [1.82, 2.24) is 19.8 Å². The average Bonchev–Trinajstić information content (AvgIpc) is 2.28. The lowest BCUT2D eigenvalue weighted by atomic mass is 10.4. The lowest BCUT2D eigenvalue weighted by Gasteiger charge is -2.12. The summed E-state index contributed by atoms with van der Waals surface area (Å²) in [5.74, 6) is 0. The van der Waals surface area contributed by atoms with Gasteiger partial charge in [-0.15, -0.1) is 0 Å². The summed E-state index contributed by atoms with van der Waals surface area (Å²) in [5.41, 5.74) is 0.236. The molecule has 6 heteroatoms. The molecule has 0 aromatic carbocycles. The fraction of sp³-hybridized carbons (Fsp3) is 0.636. The summed E-state index contributed by atoms with van der Waals surface area (Å²) in [6.07, 6.45) is 0. The van der Waals surface area contributed by atoms with E-state index in [1.54, 1.807) is 18.5 Å². The molecule has 1 aromatic heterocycles. The molecule has 0 saturated carbocycles. The molecule has 0 aliphatic carbocycles. The molecule has 1 heterocycles. The van der Waals surface area contributed by atoms with Crippen LogP contribution in [0.3, 0.4) is 0 Å². The zero-order valence-electron chi connectivity index (χ0n) is 10.6. The summed E-state index contributed by atoms with van der Waals surface area (Å²) in [6.45, 7) is 4.05. The predicted molar refractivity (Wildman–Crippen MR) is 67.6 cm³/mol. The molecule has 0 aliphatic heterocycles. The molecule has 2 N–H and O–H groups in total. The van der Waals surface area contributed by atoms with Crippen LogP contribution in [0.25, 0.3) is 0 Å². The van der Waals surface area contributed by atoms with Crippen molar-refractivity contribution in [1.29, 1.82) is 0 Å². The topological polar surface area (TPSA) is 68.1 Å². The number of nitrogens with one attached hydrogen (secondary N) is 2. The van der Waals surface area contributed by atoms with Crippen molar-refractivity contribution < 1.29 is 0 Å². The van der Waals surface area contributed by atoms with E-state index in [0.29, 0.717) is 31.9 Å². The molecule has 17 heavy (non-hydrogen) atoms. The van der Waals surface area contributed by atoms with Crippen LogP contribution in [0.4, 0.5) is 0 Å². The number of aryl methyl sites for hydroxylation is 1. The Morgan fingerprint density at radius 1 is 1.06 bits per heavy atom. The normalized spacial score (nSPS) is 10.8. The van der Waals surface area contributed by atoms with Gasteiger partial charge in [0.05, 0.1) is 0 Å². The monoisotopic (exact) mass is 240 g/mol. The van der Waals surface area contributed by atoms with Crippen LogP contribution < -0.4 is 21.9 Å². The van der Waals surface area contributed by atoms with E-state index in [-0.39, 0.29) is 11.2 Å². The van der Waals surface area contributed by atoms with Gasteiger partial charge in [-0.25, -0.2) is 4.79 Å². The quantitative estimate of drug-likeness (QED) is 0.652. The minimum atomic E-state index is -0.236. The van der Waals surface area contributed by atoms with Crippen LogP contribution in [0.1, 0.15) is 5.69 Å². The first-order valence-electron chi connectivity index (χ1n) is 5.72. The molecular formula is C11H20N4O2. The Balaban J connectivity index is 3.13. The third-order valence-corrected chi connectivity index (χ3v) is 2.66. The SMILES string of the molecule is CNCCn1c(C)cc(=O)n(CCNC)c1=O. The standard InChI is InChI=1S/C11H20N4O2/c1-9-8-10(16)15(7-5-13-3)11(17)14(9)6-4-12-2/h8,12-13H,4-7H2,1-3H3. The van der Waals surface area contributed by atoms with E-state index >= 15 is 0 Å². The number of hydrogen-bond donors (Lipinski definition) is 2. The zero-order valence-corrected chi connectivity index (χ0v) is 10.6. The fourth-order valence-corrected chi connectivity index (χ4v) is 1.65. The molecule has 0 aliphatic rings. The first-order chi connectivity index (χ1) is 8.11. The first-order valence-corrected chi connectivity index (χ1v) is 5.72. The van der Waals surface area contributed by atoms with E-state index in [1.165, 1.54) is 10.6 Å². The van der Waals surface area contributed by atoms with Crippen LogP contribution >= 0.6 is 0 Å². The Morgan fingerprint density at radius 3 is 2.12 bits per heavy atom. The first kappa shape index (κ1) is 13.7. The Hall–Kier alpha value is -1.40. The van der Waals surface area contributed by atoms with E-state index in [2.05, 4.69) is 10.6 Å². The van der Waals surface area contributed by atoms with E-state index in [9.17, 15) is 9.59 Å². The van der Waals surface area contributed by atoms with Crippen molar-refractivity contribution in [3.63, 3.8) is 0 Å². The molecule has 0 saturated heterocycles. The summed E-state index contributed by atoms with van der Waals surface area (Å²) in [6, 6.07) is 1.51. The Labute approximate surface area is 100 Å². The molecule has 0 fully saturated rings. The van der Waals surface area contributed by atoms with E-state index in [1.807, 2.05) is 7.05 Å². The molecule has 0 spiro atoms. The summed E-state index contributed by atoms with van der Waals surface area (Å²) in [7, 11) is 3.62. The lowest BCUT2D eigenvalue weighted by molar-refractivity contribution is 0.521. The highest BCUT2D eigenvalue weighted by Gasteiger charge is 2.07. The zero-order chi connectivity index (χ0) is 12.8. The molecule has 0 atom stereocenters. The largest absolute Gasteiger partial charge is 0.331 e. The van der Waals surface area contributed by atoms with Gasteiger partial charge in [-0.1, -0.05) is 0 Å². The molecule has 0 unspecified atom stereocenters. The predicted octanol–water partition coefficient (Wildman–Crippen LogP) is -1.24. The van der Waals surface area contributed by atoms with Gasteiger partial charge in [0.2, 0.25) is 0 Å². The van der Waals surface area contributed by atoms with Gasteiger partial charge in [0.1, 0.15) is 0 Å². The van der Waals surface area contributed by atoms with Crippen LogP contribution in [0, 0.1) is 6.92 Å². The maximum Gasteiger partial charge on any atom is 0.331 e. The van der Waals surface area contributed by atoms with E-state index in [4.69, 9.17) is 0 Å². The van der Waals surface area contributed by atoms with Crippen LogP contribution in [0.2, 0.25) is 0 Å². The van der Waals surface area contributed by atoms with Gasteiger partial charge in [0.25, 0.3) is 5.56 Å². The fourth-order valence-electron chi connectivity index (χ4n) is 1.65. The minimum absolute atomic E-state index is 0.233. The smallest absolute Gasteiger partial charge is 0.318 e. The van der Waals surface area contributed by atoms with Crippen molar-refractivity contribution in [2.24, 2.45) is 0 Å². The molecule has 1 rings (SSSR count). The minimum Gasteiger partial charge on any atom is -0.318 e. The Morgan fingerprint density at radius 2 is 1.59 bits per heavy atom. The van der Waals surface area contributed by atoms with E-state index in [0.717, 1.165) is 0 Å². The van der Waals surface area contributed by atoms with Crippen molar-refractivity contribution in [2.45, 2.75) is 20.0 Å². The second-order valence-electron chi connectivity index (χ2n) is 3.92. The maximum atomic E-state index is 12.1. The van der Waals surface area contributed by atoms with E-state index < -0.39 is 0 Å². The van der Waals surface area contributed by atoms with Gasteiger partial charge in [-0.3, -0.25) is 13.9 Å². The Kier molecular flexibility index (Phi) is 5.11. The number of aromatic nitrogens is 2. The molecule has 96 valence electrons. The molecule has 1 aromatic rings. The van der Waals surface area contributed by atoms with Gasteiger partial charge in [0.15, 0.2) is 0 Å². The van der Waals surface area contributed by atoms with Crippen LogP contribution in [0.5, 0.6) is 0 Å². The summed E-state index contributed by atoms with van der Waals surface area (Å²) >= 11 is 0. The van der Waals surface area contributed by atoms with Gasteiger partial charge in [-0.2, -0.15) is 0 Å². The summed E-state index contributed by atoms with van der Waals surface area (Å²) < 4.78 is 2.88.